The van der Waals surface area contributed by atoms with Crippen molar-refractivity contribution in [2.75, 3.05) is 19.5 Å². The van der Waals surface area contributed by atoms with Gasteiger partial charge in [-0.1, -0.05) is 6.07 Å². The largest absolute Gasteiger partial charge is 0.494 e. The van der Waals surface area contributed by atoms with Crippen LogP contribution >= 0.6 is 0 Å². The van der Waals surface area contributed by atoms with E-state index in [1.807, 2.05) is 6.07 Å². The average molecular weight is 365 g/mol. The molecule has 1 aromatic carbocycles. The Morgan fingerprint density at radius 1 is 1.04 bits per heavy atom. The summed E-state index contributed by atoms with van der Waals surface area (Å²) in [5.41, 5.74) is 2.37. The van der Waals surface area contributed by atoms with Crippen LogP contribution in [0.1, 0.15) is 0 Å². The van der Waals surface area contributed by atoms with Gasteiger partial charge in [-0.25, -0.2) is 19.3 Å². The third kappa shape index (κ3) is 3.12. The zero-order valence-electron chi connectivity index (χ0n) is 14.7. The van der Waals surface area contributed by atoms with Crippen LogP contribution in [0.2, 0.25) is 0 Å². The molecule has 2 N–H and O–H groups in total. The molecular formula is C19H16FN5O2. The molecular weight excluding hydrogens is 349 g/mol. The lowest BCUT2D eigenvalue weighted by Gasteiger charge is -2.06. The summed E-state index contributed by atoms with van der Waals surface area (Å²) in [6.07, 6.45) is 3.28. The summed E-state index contributed by atoms with van der Waals surface area (Å²) in [5, 5.41) is 3.17. The van der Waals surface area contributed by atoms with Crippen LogP contribution < -0.4 is 14.8 Å². The maximum Gasteiger partial charge on any atom is 0.213 e. The zero-order chi connectivity index (χ0) is 18.8. The van der Waals surface area contributed by atoms with Crippen molar-refractivity contribution in [1.29, 1.82) is 0 Å². The minimum Gasteiger partial charge on any atom is -0.494 e. The van der Waals surface area contributed by atoms with Gasteiger partial charge in [0.15, 0.2) is 17.4 Å². The number of imidazole rings is 1. The average Bonchev–Trinajstić information content (AvgIpc) is 3.14. The molecule has 8 heteroatoms. The lowest BCUT2D eigenvalue weighted by Crippen LogP contribution is -1.96. The smallest absolute Gasteiger partial charge is 0.213 e. The van der Waals surface area contributed by atoms with Crippen LogP contribution in [0.25, 0.3) is 22.4 Å². The van der Waals surface area contributed by atoms with Crippen molar-refractivity contribution in [2.45, 2.75) is 0 Å². The fourth-order valence-electron chi connectivity index (χ4n) is 2.72. The van der Waals surface area contributed by atoms with E-state index in [9.17, 15) is 4.39 Å². The van der Waals surface area contributed by atoms with Gasteiger partial charge in [0.1, 0.15) is 11.3 Å². The highest BCUT2D eigenvalue weighted by atomic mass is 19.1. The summed E-state index contributed by atoms with van der Waals surface area (Å²) in [5.74, 6) is 1.13. The second kappa shape index (κ2) is 6.91. The molecule has 0 amide bonds. The summed E-state index contributed by atoms with van der Waals surface area (Å²) in [6, 6.07) is 10.3. The topological polar surface area (TPSA) is 85.0 Å². The number of aromatic amines is 1. The number of aromatic nitrogens is 4. The monoisotopic (exact) mass is 365 g/mol. The molecule has 4 aromatic rings. The fraction of sp³-hybridized carbons (Fsp3) is 0.105. The molecule has 0 aliphatic rings. The summed E-state index contributed by atoms with van der Waals surface area (Å²) in [6.45, 7) is 0. The van der Waals surface area contributed by atoms with Crippen LogP contribution in [-0.4, -0.2) is 34.2 Å². The number of fused-ring (bicyclic) bond motifs is 1. The van der Waals surface area contributed by atoms with Crippen molar-refractivity contribution in [2.24, 2.45) is 0 Å². The van der Waals surface area contributed by atoms with Gasteiger partial charge < -0.3 is 19.8 Å². The van der Waals surface area contributed by atoms with Crippen molar-refractivity contribution in [3.63, 3.8) is 0 Å². The Morgan fingerprint density at radius 2 is 1.93 bits per heavy atom. The number of hydrogen-bond donors (Lipinski definition) is 2. The Bertz CT molecular complexity index is 1100. The van der Waals surface area contributed by atoms with E-state index in [0.717, 1.165) is 11.2 Å². The van der Waals surface area contributed by atoms with Gasteiger partial charge in [0.25, 0.3) is 0 Å². The fourth-order valence-corrected chi connectivity index (χ4v) is 2.72. The Morgan fingerprint density at radius 3 is 2.67 bits per heavy atom. The number of ether oxygens (including phenoxy) is 2. The van der Waals surface area contributed by atoms with Crippen molar-refractivity contribution in [1.82, 2.24) is 19.9 Å². The number of halogens is 1. The minimum absolute atomic E-state index is 0.161. The van der Waals surface area contributed by atoms with E-state index in [2.05, 4.69) is 25.3 Å². The predicted molar refractivity (Wildman–Crippen MR) is 99.9 cm³/mol. The zero-order valence-corrected chi connectivity index (χ0v) is 14.7. The van der Waals surface area contributed by atoms with Crippen LogP contribution in [0.5, 0.6) is 11.6 Å². The first-order chi connectivity index (χ1) is 13.2. The van der Waals surface area contributed by atoms with E-state index in [1.54, 1.807) is 49.8 Å². The highest BCUT2D eigenvalue weighted by Crippen LogP contribution is 2.30. The first kappa shape index (κ1) is 16.8. The number of pyridine rings is 2. The van der Waals surface area contributed by atoms with E-state index in [1.165, 1.54) is 7.11 Å². The number of H-pyrrole nitrogens is 1. The van der Waals surface area contributed by atoms with Crippen molar-refractivity contribution < 1.29 is 13.9 Å². The molecule has 0 saturated heterocycles. The quantitative estimate of drug-likeness (QED) is 0.558. The summed E-state index contributed by atoms with van der Waals surface area (Å²) in [7, 11) is 2.98. The first-order valence-electron chi connectivity index (χ1n) is 8.14. The van der Waals surface area contributed by atoms with Crippen LogP contribution in [-0.2, 0) is 0 Å². The van der Waals surface area contributed by atoms with E-state index < -0.39 is 5.82 Å². The second-order valence-electron chi connectivity index (χ2n) is 5.68. The van der Waals surface area contributed by atoms with Crippen molar-refractivity contribution in [3.8, 4) is 23.0 Å². The van der Waals surface area contributed by atoms with Gasteiger partial charge in [0, 0.05) is 12.3 Å². The first-order valence-corrected chi connectivity index (χ1v) is 8.14. The highest BCUT2D eigenvalue weighted by molar-refractivity contribution is 5.90. The molecule has 4 rings (SSSR count). The number of benzene rings is 1. The van der Waals surface area contributed by atoms with E-state index >= 15 is 0 Å². The number of hydrogen-bond acceptors (Lipinski definition) is 6. The molecule has 0 bridgehead atoms. The number of methoxy groups -OCH3 is 2. The molecule has 27 heavy (non-hydrogen) atoms. The maximum atomic E-state index is 14.6. The second-order valence-corrected chi connectivity index (χ2v) is 5.68. The molecule has 136 valence electrons. The molecule has 0 aliphatic carbocycles. The molecule has 3 aromatic heterocycles. The van der Waals surface area contributed by atoms with Crippen LogP contribution in [0, 0.1) is 5.82 Å². The third-order valence-corrected chi connectivity index (χ3v) is 4.05. The lowest BCUT2D eigenvalue weighted by atomic mass is 10.2. The SMILES string of the molecule is COc1ccc(Nc2nccc3[nH]c(-c4cccc(OC)c4F)nc23)cn1. The van der Waals surface area contributed by atoms with Gasteiger partial charge in [-0.2, -0.15) is 0 Å². The number of anilines is 2. The molecule has 7 nitrogen and oxygen atoms in total. The molecule has 0 radical (unpaired) electrons. The van der Waals surface area contributed by atoms with Gasteiger partial charge in [-0.15, -0.1) is 0 Å². The van der Waals surface area contributed by atoms with Crippen LogP contribution in [0.3, 0.4) is 0 Å². The molecule has 0 saturated carbocycles. The maximum absolute atomic E-state index is 14.6. The van der Waals surface area contributed by atoms with Crippen LogP contribution in [0.4, 0.5) is 15.9 Å². The van der Waals surface area contributed by atoms with Gasteiger partial charge in [-0.05, 0) is 24.3 Å². The molecule has 0 fully saturated rings. The number of rotatable bonds is 5. The molecule has 3 heterocycles. The van der Waals surface area contributed by atoms with Gasteiger partial charge in [0.2, 0.25) is 5.88 Å². The summed E-state index contributed by atoms with van der Waals surface area (Å²) in [4.78, 5) is 16.1. The highest BCUT2D eigenvalue weighted by Gasteiger charge is 2.16. The van der Waals surface area contributed by atoms with Crippen molar-refractivity contribution >= 4 is 22.5 Å². The summed E-state index contributed by atoms with van der Waals surface area (Å²) >= 11 is 0. The Hall–Kier alpha value is -3.68. The predicted octanol–water partition coefficient (Wildman–Crippen LogP) is 3.92. The standard InChI is InChI=1S/C19H16FN5O2/c1-26-14-5-3-4-12(16(14)20)18-24-13-8-9-21-19(17(13)25-18)23-11-6-7-15(27-2)22-10-11/h3-10H,1-2H3,(H,21,23)(H,24,25). The van der Waals surface area contributed by atoms with Gasteiger partial charge in [0.05, 0.1) is 37.2 Å². The molecule has 0 aliphatic heterocycles. The van der Waals surface area contributed by atoms with E-state index in [0.29, 0.717) is 28.6 Å². The minimum atomic E-state index is -0.471. The molecule has 0 spiro atoms. The third-order valence-electron chi connectivity index (χ3n) is 4.05. The normalized spacial score (nSPS) is 10.8. The van der Waals surface area contributed by atoms with Gasteiger partial charge in [-0.3, -0.25) is 0 Å². The van der Waals surface area contributed by atoms with E-state index in [4.69, 9.17) is 9.47 Å². The number of nitrogens with zero attached hydrogens (tertiary/aromatic N) is 3. The Balaban J connectivity index is 1.74. The lowest BCUT2D eigenvalue weighted by molar-refractivity contribution is 0.387. The van der Waals surface area contributed by atoms with Crippen molar-refractivity contribution in [3.05, 3.63) is 54.6 Å². The van der Waals surface area contributed by atoms with Gasteiger partial charge >= 0.3 is 0 Å². The molecule has 0 unspecified atom stereocenters. The summed E-state index contributed by atoms with van der Waals surface area (Å²) < 4.78 is 24.7. The Kier molecular flexibility index (Phi) is 4.29. The molecule has 0 atom stereocenters. The van der Waals surface area contributed by atoms with Crippen LogP contribution in [0.15, 0.2) is 48.8 Å². The van der Waals surface area contributed by atoms with E-state index in [-0.39, 0.29) is 5.75 Å². The Labute approximate surface area is 154 Å². The number of nitrogens with one attached hydrogen (secondary N) is 2.